The van der Waals surface area contributed by atoms with Crippen molar-refractivity contribution in [2.24, 2.45) is 29.6 Å². The summed E-state index contributed by atoms with van der Waals surface area (Å²) < 4.78 is 21.6. The van der Waals surface area contributed by atoms with E-state index in [2.05, 4.69) is 53.1 Å². The van der Waals surface area contributed by atoms with Crippen LogP contribution in [0.2, 0.25) is 0 Å². The minimum Gasteiger partial charge on any atom is -0.392 e. The Hall–Kier alpha value is -0.0200. The molecule has 3 N–H and O–H groups in total. The number of ether oxygens (including phenoxy) is 1. The summed E-state index contributed by atoms with van der Waals surface area (Å²) in [6, 6.07) is 0.212. The molecule has 11 atom stereocenters. The molecule has 0 heterocycles. The monoisotopic (exact) mass is 643 g/mol. The number of rotatable bonds is 7. The van der Waals surface area contributed by atoms with Crippen molar-refractivity contribution in [2.75, 3.05) is 0 Å². The lowest BCUT2D eigenvalue weighted by molar-refractivity contribution is -0.102. The molecule has 0 saturated heterocycles. The molecule has 216 valence electrons. The maximum absolute atomic E-state index is 14.8. The lowest BCUT2D eigenvalue weighted by Crippen LogP contribution is -2.50. The van der Waals surface area contributed by atoms with E-state index in [1.54, 1.807) is 0 Å². The van der Waals surface area contributed by atoms with E-state index in [1.165, 1.54) is 31.3 Å². The van der Waals surface area contributed by atoms with E-state index in [-0.39, 0.29) is 34.0 Å². The van der Waals surface area contributed by atoms with Gasteiger partial charge in [-0.3, -0.25) is 5.32 Å². The van der Waals surface area contributed by atoms with E-state index >= 15 is 0 Å². The van der Waals surface area contributed by atoms with E-state index in [0.29, 0.717) is 30.3 Å². The fraction of sp³-hybridized carbons (Fsp3) is 0.875. The molecule has 38 heavy (non-hydrogen) atoms. The quantitative estimate of drug-likeness (QED) is 0.159. The van der Waals surface area contributed by atoms with Crippen molar-refractivity contribution in [3.8, 4) is 0 Å². The number of allylic oxidation sites excluding steroid dienone is 3. The van der Waals surface area contributed by atoms with Gasteiger partial charge in [-0.2, -0.15) is 0 Å². The van der Waals surface area contributed by atoms with Gasteiger partial charge in [0.15, 0.2) is 0 Å². The molecular weight excluding hydrogens is 592 g/mol. The third-order valence-electron chi connectivity index (χ3n) is 10.6. The van der Waals surface area contributed by atoms with Gasteiger partial charge in [-0.15, -0.1) is 0 Å². The first kappa shape index (κ1) is 29.5. The number of nitrogens with one attached hydrogen (secondary N) is 1. The molecule has 5 aliphatic rings. The van der Waals surface area contributed by atoms with Gasteiger partial charge >= 0.3 is 0 Å². The van der Waals surface area contributed by atoms with Crippen molar-refractivity contribution < 1.29 is 19.3 Å². The average molecular weight is 644 g/mol. The van der Waals surface area contributed by atoms with Crippen LogP contribution in [0.4, 0.5) is 4.39 Å². The lowest BCUT2D eigenvalue weighted by Gasteiger charge is -2.45. The number of alkyl halides is 2. The van der Waals surface area contributed by atoms with Crippen molar-refractivity contribution in [3.63, 3.8) is 0 Å². The summed E-state index contributed by atoms with van der Waals surface area (Å²) in [5.41, 5.74) is 1.28. The van der Waals surface area contributed by atoms with Crippen molar-refractivity contribution in [1.29, 1.82) is 0 Å². The molecule has 4 fully saturated rings. The minimum atomic E-state index is -0.717. The van der Waals surface area contributed by atoms with Gasteiger partial charge in [-0.05, 0) is 113 Å². The van der Waals surface area contributed by atoms with Crippen LogP contribution in [0.3, 0.4) is 0 Å². The fourth-order valence-electron chi connectivity index (χ4n) is 8.19. The average Bonchev–Trinajstić information content (AvgIpc) is 3.33. The van der Waals surface area contributed by atoms with Crippen molar-refractivity contribution in [3.05, 3.63) is 23.8 Å². The second-order valence-corrected chi connectivity index (χ2v) is 15.0. The summed E-state index contributed by atoms with van der Waals surface area (Å²) in [6.45, 7) is 2.28. The number of aliphatic hydroxyl groups excluding tert-OH is 2. The summed E-state index contributed by atoms with van der Waals surface area (Å²) in [5.74, 6) is 1.69. The Morgan fingerprint density at radius 3 is 2.61 bits per heavy atom. The Kier molecular flexibility index (Phi) is 10.7. The number of hydrogen-bond donors (Lipinski definition) is 3. The zero-order valence-electron chi connectivity index (χ0n) is 23.3. The van der Waals surface area contributed by atoms with Gasteiger partial charge in [0.05, 0.1) is 18.3 Å². The van der Waals surface area contributed by atoms with E-state index in [0.717, 1.165) is 64.2 Å². The molecule has 0 bridgehead atoms. The van der Waals surface area contributed by atoms with E-state index in [9.17, 15) is 14.6 Å². The zero-order valence-corrected chi connectivity index (χ0v) is 25.5. The molecule has 5 rings (SSSR count). The Morgan fingerprint density at radius 2 is 1.82 bits per heavy atom. The number of halogens is 2. The highest BCUT2D eigenvalue weighted by Crippen LogP contribution is 2.45. The molecule has 0 aliphatic heterocycles. The Balaban J connectivity index is 1.21. The molecule has 4 nitrogen and oxygen atoms in total. The first-order valence-electron chi connectivity index (χ1n) is 15.8. The van der Waals surface area contributed by atoms with Crippen LogP contribution in [-0.2, 0) is 4.74 Å². The molecule has 0 spiro atoms. The zero-order chi connectivity index (χ0) is 26.6. The van der Waals surface area contributed by atoms with Crippen LogP contribution in [0.15, 0.2) is 23.8 Å². The van der Waals surface area contributed by atoms with Crippen LogP contribution in [0, 0.1) is 29.6 Å². The predicted molar refractivity (Wildman–Crippen MR) is 160 cm³/mol. The summed E-state index contributed by atoms with van der Waals surface area (Å²) in [7, 11) is 0. The maximum atomic E-state index is 14.8. The second kappa shape index (κ2) is 13.8. The summed E-state index contributed by atoms with van der Waals surface area (Å²) in [6.07, 6.45) is 21.0. The summed E-state index contributed by atoms with van der Waals surface area (Å²) in [4.78, 5) is 0. The molecule has 0 amide bonds. The van der Waals surface area contributed by atoms with E-state index < -0.39 is 12.4 Å². The van der Waals surface area contributed by atoms with Gasteiger partial charge in [0.25, 0.3) is 0 Å². The van der Waals surface area contributed by atoms with Crippen LogP contribution in [-0.4, -0.2) is 50.9 Å². The smallest absolute Gasteiger partial charge is 0.112 e. The molecule has 10 unspecified atom stereocenters. The van der Waals surface area contributed by atoms with Crippen LogP contribution < -0.4 is 5.32 Å². The first-order chi connectivity index (χ1) is 18.4. The molecule has 6 heteroatoms. The van der Waals surface area contributed by atoms with Crippen LogP contribution in [0.1, 0.15) is 103 Å². The predicted octanol–water partition coefficient (Wildman–Crippen LogP) is 7.02. The third-order valence-corrected chi connectivity index (χ3v) is 12.0. The molecule has 0 aromatic carbocycles. The maximum Gasteiger partial charge on any atom is 0.112 e. The molecular formula is C32H51FINO3. The molecule has 4 saturated carbocycles. The topological polar surface area (TPSA) is 61.7 Å². The first-order valence-corrected chi connectivity index (χ1v) is 17.0. The van der Waals surface area contributed by atoms with Gasteiger partial charge in [0.1, 0.15) is 12.4 Å². The van der Waals surface area contributed by atoms with Crippen molar-refractivity contribution in [2.45, 2.75) is 144 Å². The third kappa shape index (κ3) is 7.43. The number of hydrogen-bond acceptors (Lipinski definition) is 4. The van der Waals surface area contributed by atoms with Crippen LogP contribution >= 0.6 is 22.6 Å². The Bertz CT molecular complexity index is 817. The van der Waals surface area contributed by atoms with Gasteiger partial charge in [0, 0.05) is 15.9 Å². The standard InChI is InChI=1S/C32H51FINO3/c1-20-5-4-6-21(10-9-20)26-19-24(13-15-30(26)36)35-32(37)23-12-16-31(38-25-7-2-3-8-25)27(17-23)22-11-14-29(34)28(33)18-22/h4,6,10,20,22-32,35-37H,2-3,5,7-9,11-19H2,1H3/t20-,22?,23?,24?,26?,27?,28?,29?,30?,31?,32?/m1/s1. The van der Waals surface area contributed by atoms with Crippen LogP contribution in [0.5, 0.6) is 0 Å². The van der Waals surface area contributed by atoms with Gasteiger partial charge in [0.2, 0.25) is 0 Å². The SMILES string of the molecule is C[C@@H]1CC=CC(C2CC(NC(O)C3CCC(OC4CCCC4)C(C4CCC(I)C(F)C4)C3)CCC2O)=CC1. The van der Waals surface area contributed by atoms with Crippen molar-refractivity contribution >= 4 is 22.6 Å². The highest BCUT2D eigenvalue weighted by Gasteiger charge is 2.43. The Morgan fingerprint density at radius 1 is 1.00 bits per heavy atom. The largest absolute Gasteiger partial charge is 0.392 e. The molecule has 0 aromatic rings. The van der Waals surface area contributed by atoms with E-state index in [1.807, 2.05) is 0 Å². The van der Waals surface area contributed by atoms with Crippen molar-refractivity contribution in [1.82, 2.24) is 5.32 Å². The molecule has 0 aromatic heterocycles. The fourth-order valence-corrected chi connectivity index (χ4v) is 8.84. The van der Waals surface area contributed by atoms with Gasteiger partial charge in [-0.25, -0.2) is 4.39 Å². The second-order valence-electron chi connectivity index (χ2n) is 13.4. The highest BCUT2D eigenvalue weighted by atomic mass is 127. The Labute approximate surface area is 243 Å². The van der Waals surface area contributed by atoms with Gasteiger partial charge < -0.3 is 14.9 Å². The van der Waals surface area contributed by atoms with E-state index in [4.69, 9.17) is 4.74 Å². The molecule has 0 radical (unpaired) electrons. The highest BCUT2D eigenvalue weighted by molar-refractivity contribution is 14.1. The lowest BCUT2D eigenvalue weighted by atomic mass is 9.68. The summed E-state index contributed by atoms with van der Waals surface area (Å²) in [5, 5.41) is 25.9. The number of aliphatic hydroxyl groups is 2. The minimum absolute atomic E-state index is 0.140. The normalized spacial score (nSPS) is 44.0. The van der Waals surface area contributed by atoms with Crippen LogP contribution in [0.25, 0.3) is 0 Å². The molecule has 5 aliphatic carbocycles. The van der Waals surface area contributed by atoms with Gasteiger partial charge in [-0.1, -0.05) is 60.6 Å². The summed E-state index contributed by atoms with van der Waals surface area (Å²) >= 11 is 2.29.